The molecule has 1 atom stereocenters. The number of aryl methyl sites for hydroxylation is 1. The van der Waals surface area contributed by atoms with Crippen LogP contribution in [0.5, 0.6) is 0 Å². The normalized spacial score (nSPS) is 12.6. The van der Waals surface area contributed by atoms with E-state index < -0.39 is 0 Å². The van der Waals surface area contributed by atoms with Crippen molar-refractivity contribution in [1.82, 2.24) is 15.1 Å². The Balaban J connectivity index is 2.44. The van der Waals surface area contributed by atoms with Crippen LogP contribution in [0.2, 0.25) is 0 Å². The summed E-state index contributed by atoms with van der Waals surface area (Å²) >= 11 is 7.14. The molecule has 0 saturated heterocycles. The largest absolute Gasteiger partial charge is 0.308 e. The second-order valence-electron chi connectivity index (χ2n) is 4.38. The number of hydrogen-bond donors (Lipinski definition) is 1. The molecule has 2 aromatic rings. The minimum atomic E-state index is 0.126. The maximum Gasteiger partial charge on any atom is 0.0757 e. The summed E-state index contributed by atoms with van der Waals surface area (Å²) in [5, 5.41) is 7.82. The molecule has 19 heavy (non-hydrogen) atoms. The minimum Gasteiger partial charge on any atom is -0.308 e. The highest BCUT2D eigenvalue weighted by atomic mass is 79.9. The molecule has 5 heteroatoms. The van der Waals surface area contributed by atoms with Crippen LogP contribution in [-0.2, 0) is 6.54 Å². The summed E-state index contributed by atoms with van der Waals surface area (Å²) in [7, 11) is 1.97. The zero-order chi connectivity index (χ0) is 13.8. The quantitative estimate of drug-likeness (QED) is 0.837. The van der Waals surface area contributed by atoms with Crippen molar-refractivity contribution in [3.8, 4) is 0 Å². The molecule has 1 heterocycles. The van der Waals surface area contributed by atoms with E-state index in [9.17, 15) is 0 Å². The predicted molar refractivity (Wildman–Crippen MR) is 85.3 cm³/mol. The molecule has 102 valence electrons. The molecule has 0 saturated carbocycles. The standard InChI is InChI=1S/C14H17Br2N3/c1-3-7-19-14(12(16)9-18-19)13(17-2)10-5-4-6-11(15)8-10/h4-6,8-9,13,17H,3,7H2,1-2H3. The van der Waals surface area contributed by atoms with Crippen LogP contribution in [-0.4, -0.2) is 16.8 Å². The first kappa shape index (κ1) is 14.8. The van der Waals surface area contributed by atoms with Gasteiger partial charge in [0.1, 0.15) is 0 Å². The lowest BCUT2D eigenvalue weighted by Gasteiger charge is -2.19. The van der Waals surface area contributed by atoms with Gasteiger partial charge in [-0.25, -0.2) is 0 Å². The third-order valence-corrected chi connectivity index (χ3v) is 4.12. The van der Waals surface area contributed by atoms with Crippen molar-refractivity contribution in [2.24, 2.45) is 0 Å². The fraction of sp³-hybridized carbons (Fsp3) is 0.357. The molecule has 0 spiro atoms. The summed E-state index contributed by atoms with van der Waals surface area (Å²) in [6, 6.07) is 8.48. The molecule has 2 rings (SSSR count). The van der Waals surface area contributed by atoms with E-state index in [0.717, 1.165) is 21.9 Å². The van der Waals surface area contributed by atoms with Gasteiger partial charge in [0.05, 0.1) is 22.4 Å². The number of rotatable bonds is 5. The van der Waals surface area contributed by atoms with Gasteiger partial charge in [-0.05, 0) is 47.1 Å². The number of nitrogens with one attached hydrogen (secondary N) is 1. The molecule has 0 radical (unpaired) electrons. The molecular formula is C14H17Br2N3. The highest BCUT2D eigenvalue weighted by molar-refractivity contribution is 9.10. The van der Waals surface area contributed by atoms with Crippen LogP contribution in [0.4, 0.5) is 0 Å². The first-order chi connectivity index (χ1) is 9.17. The van der Waals surface area contributed by atoms with Crippen molar-refractivity contribution in [3.63, 3.8) is 0 Å². The topological polar surface area (TPSA) is 29.9 Å². The monoisotopic (exact) mass is 385 g/mol. The summed E-state index contributed by atoms with van der Waals surface area (Å²) in [6.45, 7) is 3.08. The third kappa shape index (κ3) is 3.27. The lowest BCUT2D eigenvalue weighted by molar-refractivity contribution is 0.533. The highest BCUT2D eigenvalue weighted by Gasteiger charge is 2.20. The van der Waals surface area contributed by atoms with E-state index in [4.69, 9.17) is 0 Å². The number of aromatic nitrogens is 2. The molecule has 1 aromatic heterocycles. The highest BCUT2D eigenvalue weighted by Crippen LogP contribution is 2.29. The lowest BCUT2D eigenvalue weighted by atomic mass is 10.0. The average Bonchev–Trinajstić information content (AvgIpc) is 2.74. The second-order valence-corrected chi connectivity index (χ2v) is 6.15. The Morgan fingerprint density at radius 2 is 2.16 bits per heavy atom. The Morgan fingerprint density at radius 3 is 2.79 bits per heavy atom. The number of nitrogens with zero attached hydrogens (tertiary/aromatic N) is 2. The summed E-state index contributed by atoms with van der Waals surface area (Å²) in [5.41, 5.74) is 2.39. The maximum absolute atomic E-state index is 4.44. The van der Waals surface area contributed by atoms with Crippen LogP contribution >= 0.6 is 31.9 Å². The Hall–Kier alpha value is -0.650. The van der Waals surface area contributed by atoms with Gasteiger partial charge in [0.15, 0.2) is 0 Å². The van der Waals surface area contributed by atoms with Gasteiger partial charge >= 0.3 is 0 Å². The van der Waals surface area contributed by atoms with E-state index in [1.165, 1.54) is 11.3 Å². The second kappa shape index (κ2) is 6.68. The zero-order valence-electron chi connectivity index (χ0n) is 11.0. The van der Waals surface area contributed by atoms with Gasteiger partial charge in [-0.2, -0.15) is 5.10 Å². The fourth-order valence-corrected chi connectivity index (χ4v) is 3.14. The molecule has 0 aliphatic carbocycles. The Morgan fingerprint density at radius 1 is 1.37 bits per heavy atom. The van der Waals surface area contributed by atoms with Crippen molar-refractivity contribution in [3.05, 3.63) is 50.7 Å². The van der Waals surface area contributed by atoms with Gasteiger partial charge in [0, 0.05) is 11.0 Å². The van der Waals surface area contributed by atoms with Crippen molar-refractivity contribution in [2.75, 3.05) is 7.05 Å². The van der Waals surface area contributed by atoms with E-state index in [1.807, 2.05) is 19.3 Å². The first-order valence-electron chi connectivity index (χ1n) is 6.31. The molecule has 1 N–H and O–H groups in total. The van der Waals surface area contributed by atoms with Crippen molar-refractivity contribution in [1.29, 1.82) is 0 Å². The zero-order valence-corrected chi connectivity index (χ0v) is 14.2. The van der Waals surface area contributed by atoms with Gasteiger partial charge in [0.2, 0.25) is 0 Å². The van der Waals surface area contributed by atoms with Crippen LogP contribution < -0.4 is 5.32 Å². The van der Waals surface area contributed by atoms with Crippen molar-refractivity contribution >= 4 is 31.9 Å². The lowest BCUT2D eigenvalue weighted by Crippen LogP contribution is -2.22. The SMILES string of the molecule is CCCn1ncc(Br)c1C(NC)c1cccc(Br)c1. The summed E-state index contributed by atoms with van der Waals surface area (Å²) in [4.78, 5) is 0. The van der Waals surface area contributed by atoms with E-state index >= 15 is 0 Å². The van der Waals surface area contributed by atoms with Crippen LogP contribution in [0.1, 0.15) is 30.6 Å². The van der Waals surface area contributed by atoms with Crippen LogP contribution in [0.3, 0.4) is 0 Å². The van der Waals surface area contributed by atoms with E-state index in [0.29, 0.717) is 0 Å². The van der Waals surface area contributed by atoms with Gasteiger partial charge < -0.3 is 5.32 Å². The molecule has 0 aliphatic rings. The van der Waals surface area contributed by atoms with Crippen LogP contribution in [0.15, 0.2) is 39.4 Å². The van der Waals surface area contributed by atoms with Gasteiger partial charge in [-0.15, -0.1) is 0 Å². The molecular weight excluding hydrogens is 370 g/mol. The first-order valence-corrected chi connectivity index (χ1v) is 7.90. The molecule has 0 amide bonds. The van der Waals surface area contributed by atoms with E-state index in [1.54, 1.807) is 0 Å². The smallest absolute Gasteiger partial charge is 0.0757 e. The Labute approximate surface area is 130 Å². The fourth-order valence-electron chi connectivity index (χ4n) is 2.20. The van der Waals surface area contributed by atoms with Crippen molar-refractivity contribution in [2.45, 2.75) is 25.9 Å². The van der Waals surface area contributed by atoms with E-state index in [-0.39, 0.29) is 6.04 Å². The average molecular weight is 387 g/mol. The van der Waals surface area contributed by atoms with Gasteiger partial charge in [0.25, 0.3) is 0 Å². The molecule has 3 nitrogen and oxygen atoms in total. The van der Waals surface area contributed by atoms with Crippen molar-refractivity contribution < 1.29 is 0 Å². The Kier molecular flexibility index (Phi) is 5.19. The van der Waals surface area contributed by atoms with Crippen LogP contribution in [0.25, 0.3) is 0 Å². The molecule has 0 bridgehead atoms. The third-order valence-electron chi connectivity index (χ3n) is 3.01. The number of halogens is 2. The summed E-state index contributed by atoms with van der Waals surface area (Å²) < 4.78 is 4.19. The van der Waals surface area contributed by atoms with Gasteiger partial charge in [-0.1, -0.05) is 35.0 Å². The summed E-state index contributed by atoms with van der Waals surface area (Å²) in [5.74, 6) is 0. The van der Waals surface area contributed by atoms with Crippen LogP contribution in [0, 0.1) is 0 Å². The summed E-state index contributed by atoms with van der Waals surface area (Å²) in [6.07, 6.45) is 2.93. The maximum atomic E-state index is 4.44. The van der Waals surface area contributed by atoms with Gasteiger partial charge in [-0.3, -0.25) is 4.68 Å². The molecule has 0 fully saturated rings. The molecule has 0 aliphatic heterocycles. The predicted octanol–water partition coefficient (Wildman–Crippen LogP) is 4.13. The van der Waals surface area contributed by atoms with E-state index in [2.05, 4.69) is 72.1 Å². The molecule has 1 aromatic carbocycles. The number of benzene rings is 1. The number of hydrogen-bond acceptors (Lipinski definition) is 2. The Bertz CT molecular complexity index is 551. The minimum absolute atomic E-state index is 0.126. The molecule has 1 unspecified atom stereocenters.